The van der Waals surface area contributed by atoms with E-state index >= 15 is 0 Å². The van der Waals surface area contributed by atoms with Crippen molar-refractivity contribution in [3.8, 4) is 0 Å². The van der Waals surface area contributed by atoms with E-state index in [-0.39, 0.29) is 18.3 Å². The number of nitrogens with zero attached hydrogens (tertiary/aromatic N) is 1. The van der Waals surface area contributed by atoms with Crippen molar-refractivity contribution in [2.45, 2.75) is 18.9 Å². The Hall–Kier alpha value is -0.810. The monoisotopic (exact) mass is 317 g/mol. The Labute approximate surface area is 131 Å². The van der Waals surface area contributed by atoms with E-state index < -0.39 is 0 Å². The summed E-state index contributed by atoms with van der Waals surface area (Å²) in [6, 6.07) is 7.81. The zero-order valence-corrected chi connectivity index (χ0v) is 13.1. The molecule has 0 spiro atoms. The minimum absolute atomic E-state index is 0. The molecule has 0 bridgehead atoms. The Balaban J connectivity index is 0.00000200. The van der Waals surface area contributed by atoms with Crippen LogP contribution >= 0.6 is 24.0 Å². The Morgan fingerprint density at radius 1 is 1.40 bits per heavy atom. The lowest BCUT2D eigenvalue weighted by Crippen LogP contribution is -2.44. The highest BCUT2D eigenvalue weighted by Crippen LogP contribution is 2.15. The molecule has 1 amide bonds. The van der Waals surface area contributed by atoms with E-state index in [0.717, 1.165) is 31.6 Å². The molecule has 0 radical (unpaired) electrons. The standard InChI is InChI=1S/C14H20ClN3O.ClH/c1-16-12-5-7-18(8-6-12)10-14(19)17-13-4-2-3-11(15)9-13;/h2-4,9,12,16H,5-8,10H2,1H3,(H,17,19);1H. The maximum absolute atomic E-state index is 11.9. The number of carbonyl (C=O) groups is 1. The highest BCUT2D eigenvalue weighted by molar-refractivity contribution is 6.30. The van der Waals surface area contributed by atoms with Crippen LogP contribution in [0, 0.1) is 0 Å². The molecule has 4 nitrogen and oxygen atoms in total. The van der Waals surface area contributed by atoms with Crippen LogP contribution in [0.4, 0.5) is 5.69 Å². The van der Waals surface area contributed by atoms with E-state index in [1.807, 2.05) is 19.2 Å². The molecule has 0 aromatic heterocycles. The summed E-state index contributed by atoms with van der Waals surface area (Å²) in [5.74, 6) is 0.0187. The van der Waals surface area contributed by atoms with E-state index in [1.165, 1.54) is 0 Å². The van der Waals surface area contributed by atoms with Gasteiger partial charge in [0.1, 0.15) is 0 Å². The van der Waals surface area contributed by atoms with Crippen LogP contribution < -0.4 is 10.6 Å². The molecule has 20 heavy (non-hydrogen) atoms. The lowest BCUT2D eigenvalue weighted by atomic mass is 10.1. The first-order valence-electron chi connectivity index (χ1n) is 6.62. The zero-order chi connectivity index (χ0) is 13.7. The van der Waals surface area contributed by atoms with Crippen molar-refractivity contribution in [1.82, 2.24) is 10.2 Å². The Kier molecular flexibility index (Phi) is 7.30. The van der Waals surface area contributed by atoms with Crippen LogP contribution in [0.1, 0.15) is 12.8 Å². The van der Waals surface area contributed by atoms with Gasteiger partial charge in [0.05, 0.1) is 6.54 Å². The summed E-state index contributed by atoms with van der Waals surface area (Å²) in [7, 11) is 1.99. The number of rotatable bonds is 4. The van der Waals surface area contributed by atoms with Crippen LogP contribution in [-0.4, -0.2) is 43.5 Å². The van der Waals surface area contributed by atoms with Crippen molar-refractivity contribution in [2.75, 3.05) is 32.0 Å². The fraction of sp³-hybridized carbons (Fsp3) is 0.500. The predicted octanol–water partition coefficient (Wildman–Crippen LogP) is 2.38. The summed E-state index contributed by atoms with van der Waals surface area (Å²) in [5, 5.41) is 6.79. The van der Waals surface area contributed by atoms with Gasteiger partial charge in [-0.05, 0) is 38.1 Å². The van der Waals surface area contributed by atoms with Gasteiger partial charge < -0.3 is 10.6 Å². The minimum atomic E-state index is 0. The number of nitrogens with one attached hydrogen (secondary N) is 2. The smallest absolute Gasteiger partial charge is 0.238 e. The molecule has 1 saturated heterocycles. The quantitative estimate of drug-likeness (QED) is 0.896. The van der Waals surface area contributed by atoms with Crippen LogP contribution in [0.5, 0.6) is 0 Å². The number of halogens is 2. The number of carbonyl (C=O) groups excluding carboxylic acids is 1. The number of hydrogen-bond acceptors (Lipinski definition) is 3. The van der Waals surface area contributed by atoms with Crippen LogP contribution in [0.25, 0.3) is 0 Å². The van der Waals surface area contributed by atoms with Crippen molar-refractivity contribution in [1.29, 1.82) is 0 Å². The zero-order valence-electron chi connectivity index (χ0n) is 11.6. The lowest BCUT2D eigenvalue weighted by Gasteiger charge is -2.31. The van der Waals surface area contributed by atoms with Crippen molar-refractivity contribution >= 4 is 35.6 Å². The molecule has 2 N–H and O–H groups in total. The summed E-state index contributed by atoms with van der Waals surface area (Å²) >= 11 is 5.88. The van der Waals surface area contributed by atoms with E-state index in [2.05, 4.69) is 15.5 Å². The second-order valence-electron chi connectivity index (χ2n) is 4.90. The minimum Gasteiger partial charge on any atom is -0.325 e. The highest BCUT2D eigenvalue weighted by atomic mass is 35.5. The summed E-state index contributed by atoms with van der Waals surface area (Å²) in [4.78, 5) is 14.1. The second-order valence-corrected chi connectivity index (χ2v) is 5.33. The van der Waals surface area contributed by atoms with Gasteiger partial charge in [-0.2, -0.15) is 0 Å². The Morgan fingerprint density at radius 2 is 2.10 bits per heavy atom. The molecule has 1 aromatic rings. The molecule has 6 heteroatoms. The largest absolute Gasteiger partial charge is 0.325 e. The molecule has 1 heterocycles. The molecule has 1 aromatic carbocycles. The highest BCUT2D eigenvalue weighted by Gasteiger charge is 2.19. The normalized spacial score (nSPS) is 16.5. The number of benzene rings is 1. The van der Waals surface area contributed by atoms with Crippen LogP contribution in [0.15, 0.2) is 24.3 Å². The van der Waals surface area contributed by atoms with E-state index in [4.69, 9.17) is 11.6 Å². The van der Waals surface area contributed by atoms with Crippen LogP contribution in [-0.2, 0) is 4.79 Å². The number of likely N-dealkylation sites (tertiary alicyclic amines) is 1. The maximum atomic E-state index is 11.9. The SMILES string of the molecule is CNC1CCN(CC(=O)Nc2cccc(Cl)c2)CC1.Cl. The molecular formula is C14H21Cl2N3O. The van der Waals surface area contributed by atoms with E-state index in [9.17, 15) is 4.79 Å². The number of piperidine rings is 1. The first-order valence-corrected chi connectivity index (χ1v) is 7.00. The van der Waals surface area contributed by atoms with Crippen molar-refractivity contribution in [2.24, 2.45) is 0 Å². The van der Waals surface area contributed by atoms with E-state index in [1.54, 1.807) is 12.1 Å². The van der Waals surface area contributed by atoms with Gasteiger partial charge in [0.15, 0.2) is 0 Å². The molecule has 0 aliphatic carbocycles. The maximum Gasteiger partial charge on any atom is 0.238 e. The van der Waals surface area contributed by atoms with Gasteiger partial charge in [-0.3, -0.25) is 9.69 Å². The molecule has 1 aliphatic heterocycles. The summed E-state index contributed by atoms with van der Waals surface area (Å²) < 4.78 is 0. The third-order valence-electron chi connectivity index (χ3n) is 3.47. The predicted molar refractivity (Wildman–Crippen MR) is 85.9 cm³/mol. The van der Waals surface area contributed by atoms with Crippen molar-refractivity contribution < 1.29 is 4.79 Å². The average molecular weight is 318 g/mol. The van der Waals surface area contributed by atoms with Crippen molar-refractivity contribution in [3.05, 3.63) is 29.3 Å². The third kappa shape index (κ3) is 5.29. The van der Waals surface area contributed by atoms with Gasteiger partial charge in [-0.15, -0.1) is 12.4 Å². The van der Waals surface area contributed by atoms with Gasteiger partial charge in [-0.1, -0.05) is 17.7 Å². The number of amides is 1. The Morgan fingerprint density at radius 3 is 2.70 bits per heavy atom. The molecule has 0 unspecified atom stereocenters. The van der Waals surface area contributed by atoms with Crippen LogP contribution in [0.2, 0.25) is 5.02 Å². The Bertz CT molecular complexity index is 434. The fourth-order valence-corrected chi connectivity index (χ4v) is 2.54. The van der Waals surface area contributed by atoms with E-state index in [0.29, 0.717) is 17.6 Å². The fourth-order valence-electron chi connectivity index (χ4n) is 2.35. The molecule has 112 valence electrons. The first-order chi connectivity index (χ1) is 9.17. The summed E-state index contributed by atoms with van der Waals surface area (Å²) in [5.41, 5.74) is 0.752. The first kappa shape index (κ1) is 17.2. The molecular weight excluding hydrogens is 297 g/mol. The topological polar surface area (TPSA) is 44.4 Å². The van der Waals surface area contributed by atoms with Gasteiger partial charge in [0, 0.05) is 29.8 Å². The third-order valence-corrected chi connectivity index (χ3v) is 3.71. The number of hydrogen-bond donors (Lipinski definition) is 2. The lowest BCUT2D eigenvalue weighted by molar-refractivity contribution is -0.117. The molecule has 1 fully saturated rings. The number of anilines is 1. The van der Waals surface area contributed by atoms with Gasteiger partial charge in [-0.25, -0.2) is 0 Å². The van der Waals surface area contributed by atoms with Gasteiger partial charge in [0.25, 0.3) is 0 Å². The van der Waals surface area contributed by atoms with Crippen LogP contribution in [0.3, 0.4) is 0 Å². The van der Waals surface area contributed by atoms with Gasteiger partial charge >= 0.3 is 0 Å². The summed E-state index contributed by atoms with van der Waals surface area (Å²) in [6.45, 7) is 2.38. The molecule has 1 aliphatic rings. The molecule has 2 rings (SSSR count). The second kappa shape index (κ2) is 8.47. The molecule has 0 atom stereocenters. The molecule has 0 saturated carbocycles. The van der Waals surface area contributed by atoms with Gasteiger partial charge in [0.2, 0.25) is 5.91 Å². The summed E-state index contributed by atoms with van der Waals surface area (Å²) in [6.07, 6.45) is 2.20. The van der Waals surface area contributed by atoms with Crippen molar-refractivity contribution in [3.63, 3.8) is 0 Å². The average Bonchev–Trinajstić information content (AvgIpc) is 2.39.